The number of esters is 1. The van der Waals surface area contributed by atoms with Gasteiger partial charge >= 0.3 is 5.97 Å². The molecule has 2 fully saturated rings. The number of hydrogen-bond donors (Lipinski definition) is 7. The largest absolute Gasteiger partial charge is 0.460 e. The molecule has 0 aromatic carbocycles. The van der Waals surface area contributed by atoms with Crippen LogP contribution in [-0.2, 0) is 23.7 Å². The van der Waals surface area contributed by atoms with E-state index in [1.807, 2.05) is 6.92 Å². The summed E-state index contributed by atoms with van der Waals surface area (Å²) in [5, 5.41) is 69.3. The van der Waals surface area contributed by atoms with Gasteiger partial charge in [-0.1, -0.05) is 19.8 Å². The van der Waals surface area contributed by atoms with E-state index in [9.17, 15) is 40.5 Å². The van der Waals surface area contributed by atoms with Crippen molar-refractivity contribution in [2.45, 2.75) is 87.4 Å². The van der Waals surface area contributed by atoms with E-state index in [0.29, 0.717) is 6.42 Å². The molecule has 2 rings (SSSR count). The van der Waals surface area contributed by atoms with E-state index in [4.69, 9.17) is 18.9 Å². The van der Waals surface area contributed by atoms with E-state index in [-0.39, 0.29) is 6.42 Å². The van der Waals surface area contributed by atoms with Crippen molar-refractivity contribution in [3.63, 3.8) is 0 Å². The van der Waals surface area contributed by atoms with Gasteiger partial charge in [0.2, 0.25) is 5.79 Å². The Kier molecular flexibility index (Phi) is 9.36. The Balaban J connectivity index is 2.17. The van der Waals surface area contributed by atoms with E-state index >= 15 is 0 Å². The van der Waals surface area contributed by atoms with Gasteiger partial charge in [0, 0.05) is 6.42 Å². The van der Waals surface area contributed by atoms with Gasteiger partial charge in [-0.15, -0.1) is 0 Å². The first kappa shape index (κ1) is 25.3. The van der Waals surface area contributed by atoms with Crippen LogP contribution in [-0.4, -0.2) is 116 Å². The third kappa shape index (κ3) is 5.46. The van der Waals surface area contributed by atoms with E-state index in [2.05, 4.69) is 0 Å². The minimum Gasteiger partial charge on any atom is -0.460 e. The standard InChI is InChI=1S/C18H32O12/c1-2-3-4-5-11(21)27-8-18(16(26)13(23)10(7-20)29-18)30-17-15(25)14(24)12(22)9(6-19)28-17/h9-10,12-17,19-20,22-26H,2-8H2,1H3/t9-,10-,12-,13-,14+,15-,16+,17-,18+/m1/s1. The third-order valence-corrected chi connectivity index (χ3v) is 5.27. The first-order valence-electron chi connectivity index (χ1n) is 9.99. The lowest BCUT2D eigenvalue weighted by Gasteiger charge is -2.43. The Bertz CT molecular complexity index is 545. The van der Waals surface area contributed by atoms with Crippen molar-refractivity contribution < 1.29 is 59.5 Å². The average Bonchev–Trinajstić information content (AvgIpc) is 2.98. The second-order valence-electron chi connectivity index (χ2n) is 7.52. The second-order valence-corrected chi connectivity index (χ2v) is 7.52. The maximum Gasteiger partial charge on any atom is 0.305 e. The van der Waals surface area contributed by atoms with Crippen LogP contribution in [0.3, 0.4) is 0 Å². The molecule has 0 saturated carbocycles. The molecule has 0 unspecified atom stereocenters. The van der Waals surface area contributed by atoms with E-state index in [1.165, 1.54) is 0 Å². The highest BCUT2D eigenvalue weighted by molar-refractivity contribution is 5.69. The molecule has 2 aliphatic rings. The monoisotopic (exact) mass is 440 g/mol. The first-order chi connectivity index (χ1) is 14.2. The van der Waals surface area contributed by atoms with Crippen molar-refractivity contribution in [2.75, 3.05) is 19.8 Å². The van der Waals surface area contributed by atoms with Crippen LogP contribution in [0.2, 0.25) is 0 Å². The van der Waals surface area contributed by atoms with Gasteiger partial charge in [-0.2, -0.15) is 0 Å². The molecule has 0 radical (unpaired) electrons. The number of carbonyl (C=O) groups is 1. The number of carbonyl (C=O) groups excluding carboxylic acids is 1. The molecule has 2 saturated heterocycles. The molecule has 7 N–H and O–H groups in total. The molecule has 176 valence electrons. The highest BCUT2D eigenvalue weighted by Gasteiger charge is 2.59. The molecule has 2 heterocycles. The lowest BCUT2D eigenvalue weighted by Crippen LogP contribution is -2.62. The molecule has 12 nitrogen and oxygen atoms in total. The molecule has 0 aromatic heterocycles. The van der Waals surface area contributed by atoms with Gasteiger partial charge in [0.25, 0.3) is 0 Å². The SMILES string of the molecule is CCCCCC(=O)OC[C@@]1(O[C@H]2O[C@H](CO)[C@@H](O)[C@H](O)[C@H]2O)O[C@H](CO)[C@@H](O)[C@@H]1O. The molecular weight excluding hydrogens is 408 g/mol. The van der Waals surface area contributed by atoms with Crippen LogP contribution in [0.4, 0.5) is 0 Å². The summed E-state index contributed by atoms with van der Waals surface area (Å²) >= 11 is 0. The number of hydrogen-bond acceptors (Lipinski definition) is 12. The van der Waals surface area contributed by atoms with Gasteiger partial charge < -0.3 is 54.7 Å². The zero-order valence-corrected chi connectivity index (χ0v) is 16.7. The zero-order valence-electron chi connectivity index (χ0n) is 16.7. The van der Waals surface area contributed by atoms with Gasteiger partial charge in [0.05, 0.1) is 13.2 Å². The Morgan fingerprint density at radius 1 is 0.933 bits per heavy atom. The molecule has 0 aliphatic carbocycles. The minimum atomic E-state index is -2.24. The second kappa shape index (κ2) is 11.1. The normalized spacial score (nSPS) is 41.7. The summed E-state index contributed by atoms with van der Waals surface area (Å²) in [7, 11) is 0. The van der Waals surface area contributed by atoms with E-state index in [1.54, 1.807) is 0 Å². The molecule has 0 bridgehead atoms. The fraction of sp³-hybridized carbons (Fsp3) is 0.944. The van der Waals surface area contributed by atoms with Gasteiger partial charge in [-0.25, -0.2) is 0 Å². The van der Waals surface area contributed by atoms with Crippen LogP contribution in [0.1, 0.15) is 32.6 Å². The lowest BCUT2D eigenvalue weighted by molar-refractivity contribution is -0.383. The number of aliphatic hydroxyl groups is 7. The van der Waals surface area contributed by atoms with Crippen LogP contribution in [0.15, 0.2) is 0 Å². The maximum atomic E-state index is 12.0. The fourth-order valence-electron chi connectivity index (χ4n) is 3.39. The van der Waals surface area contributed by atoms with Crippen LogP contribution >= 0.6 is 0 Å². The summed E-state index contributed by atoms with van der Waals surface area (Å²) in [5.41, 5.74) is 0. The van der Waals surface area contributed by atoms with Crippen molar-refractivity contribution in [3.05, 3.63) is 0 Å². The highest BCUT2D eigenvalue weighted by atomic mass is 16.8. The summed E-state index contributed by atoms with van der Waals surface area (Å²) in [6, 6.07) is 0. The van der Waals surface area contributed by atoms with Gasteiger partial charge in [0.15, 0.2) is 6.29 Å². The minimum absolute atomic E-state index is 0.103. The summed E-state index contributed by atoms with van der Waals surface area (Å²) in [5.74, 6) is -2.85. The van der Waals surface area contributed by atoms with Gasteiger partial charge in [-0.3, -0.25) is 4.79 Å². The van der Waals surface area contributed by atoms with Crippen LogP contribution in [0, 0.1) is 0 Å². The molecule has 30 heavy (non-hydrogen) atoms. The van der Waals surface area contributed by atoms with E-state index in [0.717, 1.165) is 12.8 Å². The van der Waals surface area contributed by atoms with Crippen molar-refractivity contribution in [1.29, 1.82) is 0 Å². The molecule has 9 atom stereocenters. The number of aliphatic hydroxyl groups excluding tert-OH is 7. The van der Waals surface area contributed by atoms with Crippen molar-refractivity contribution >= 4 is 5.97 Å². The van der Waals surface area contributed by atoms with Gasteiger partial charge in [-0.05, 0) is 6.42 Å². The van der Waals surface area contributed by atoms with Crippen molar-refractivity contribution in [1.82, 2.24) is 0 Å². The molecule has 0 aromatic rings. The predicted molar refractivity (Wildman–Crippen MR) is 96.7 cm³/mol. The topological polar surface area (TPSA) is 196 Å². The molecular formula is C18H32O12. The smallest absolute Gasteiger partial charge is 0.305 e. The fourth-order valence-corrected chi connectivity index (χ4v) is 3.39. The molecule has 0 spiro atoms. The number of rotatable bonds is 10. The zero-order chi connectivity index (χ0) is 22.5. The Labute approximate surface area is 173 Å². The van der Waals surface area contributed by atoms with Crippen molar-refractivity contribution in [2.24, 2.45) is 0 Å². The highest BCUT2D eigenvalue weighted by Crippen LogP contribution is 2.36. The quantitative estimate of drug-likeness (QED) is 0.132. The van der Waals surface area contributed by atoms with Crippen LogP contribution in [0.25, 0.3) is 0 Å². The molecule has 2 aliphatic heterocycles. The molecule has 0 amide bonds. The van der Waals surface area contributed by atoms with Crippen LogP contribution in [0.5, 0.6) is 0 Å². The Hall–Kier alpha value is -0.930. The average molecular weight is 440 g/mol. The summed E-state index contributed by atoms with van der Waals surface area (Å²) in [4.78, 5) is 12.0. The van der Waals surface area contributed by atoms with E-state index < -0.39 is 80.6 Å². The summed E-state index contributed by atoms with van der Waals surface area (Å²) in [6.07, 6.45) is -10.6. The summed E-state index contributed by atoms with van der Waals surface area (Å²) in [6.45, 7) is -0.145. The number of unbranched alkanes of at least 4 members (excludes halogenated alkanes) is 2. The third-order valence-electron chi connectivity index (χ3n) is 5.27. The maximum absolute atomic E-state index is 12.0. The Morgan fingerprint density at radius 2 is 1.60 bits per heavy atom. The van der Waals surface area contributed by atoms with Crippen molar-refractivity contribution in [3.8, 4) is 0 Å². The predicted octanol–water partition coefficient (Wildman–Crippen LogP) is -3.26. The van der Waals surface area contributed by atoms with Crippen LogP contribution < -0.4 is 0 Å². The van der Waals surface area contributed by atoms with Gasteiger partial charge in [0.1, 0.15) is 49.3 Å². The summed E-state index contributed by atoms with van der Waals surface area (Å²) < 4.78 is 21.3. The first-order valence-corrected chi connectivity index (χ1v) is 9.99. The lowest BCUT2D eigenvalue weighted by atomic mass is 9.99. The Morgan fingerprint density at radius 3 is 2.17 bits per heavy atom. The number of ether oxygens (including phenoxy) is 4. The molecule has 12 heteroatoms.